The summed E-state index contributed by atoms with van der Waals surface area (Å²) in [6.07, 6.45) is -1.46. The summed E-state index contributed by atoms with van der Waals surface area (Å²) in [5.41, 5.74) is -1.02. The molecule has 0 spiro atoms. The monoisotopic (exact) mass is 953 g/mol. The van der Waals surface area contributed by atoms with Gasteiger partial charge in [-0.1, -0.05) is 13.8 Å². The van der Waals surface area contributed by atoms with Crippen LogP contribution < -0.4 is 47.9 Å². The van der Waals surface area contributed by atoms with Crippen LogP contribution in [0.5, 0.6) is 11.5 Å². The molecule has 1 heterocycles. The van der Waals surface area contributed by atoms with Crippen molar-refractivity contribution in [2.45, 2.75) is 89.5 Å². The fraction of sp³-hybridized carbons (Fsp3) is 0.465. The highest BCUT2D eigenvalue weighted by molar-refractivity contribution is 6.33. The van der Waals surface area contributed by atoms with Gasteiger partial charge >= 0.3 is 17.9 Å². The van der Waals surface area contributed by atoms with E-state index >= 15 is 0 Å². The van der Waals surface area contributed by atoms with E-state index in [0.717, 1.165) is 26.0 Å². The van der Waals surface area contributed by atoms with Crippen LogP contribution in [-0.4, -0.2) is 153 Å². The second-order valence-corrected chi connectivity index (χ2v) is 16.2. The van der Waals surface area contributed by atoms with Gasteiger partial charge in [0, 0.05) is 50.9 Å². The fourth-order valence-corrected chi connectivity index (χ4v) is 7.45. The normalized spacial score (nSPS) is 15.6. The lowest BCUT2D eigenvalue weighted by Crippen LogP contribution is -2.59. The summed E-state index contributed by atoms with van der Waals surface area (Å²) in [4.78, 5) is 140. The number of aliphatic carboxylic acids is 3. The molecule has 0 aromatic heterocycles. The fourth-order valence-electron chi connectivity index (χ4n) is 7.45. The summed E-state index contributed by atoms with van der Waals surface area (Å²) in [6, 6.07) is -1.83. The molecule has 5 atom stereocenters. The standard InChI is InChI=1S/C43H55N9O16/c1-19(2)36(52-41(66)24(8-11-29(56)57)50-42(67)26(18-31(60)61)49-20(3)53)43(68)51-25(17-30(58)59)40(65)48-16-14-46-22-7-10-28(55)35-33(22)38(63)34-27(54)9-6-21(32(34)37(35)62)45-13-15-47-39(64)23-5-4-12-44-23/h6-7,9-10,19,23-26,36,44-46,54-55H,4-5,8,11-18H2,1-3H3,(H,47,64)(H,48,65)(H,49,53)(H,50,67)(H,51,68)(H,52,66)(H,56,57)(H,58,59)(H,60,61). The third-order valence-corrected chi connectivity index (χ3v) is 10.7. The van der Waals surface area contributed by atoms with Gasteiger partial charge in [-0.2, -0.15) is 0 Å². The third kappa shape index (κ3) is 14.1. The van der Waals surface area contributed by atoms with E-state index in [1.54, 1.807) is 0 Å². The third-order valence-electron chi connectivity index (χ3n) is 10.7. The SMILES string of the molecule is CC(=O)NC(CC(=O)O)C(=O)NC(CCC(=O)O)C(=O)NC(C(=O)NC(CC(=O)O)C(=O)NCCNc1ccc(O)c2c1C(=O)c1c(O)ccc(NCCNC(=O)C3CCCN3)c1C2=O)C(C)C. The van der Waals surface area contributed by atoms with Gasteiger partial charge in [0.2, 0.25) is 47.0 Å². The lowest BCUT2D eigenvalue weighted by atomic mass is 9.81. The molecule has 14 N–H and O–H groups in total. The van der Waals surface area contributed by atoms with Gasteiger partial charge in [0.1, 0.15) is 35.7 Å². The number of anilines is 2. The number of carboxylic acid groups (broad SMARTS) is 3. The molecule has 1 fully saturated rings. The molecule has 2 aliphatic rings. The minimum absolute atomic E-state index is 0.0216. The van der Waals surface area contributed by atoms with Crippen molar-refractivity contribution >= 4 is 76.3 Å². The van der Waals surface area contributed by atoms with E-state index in [0.29, 0.717) is 6.42 Å². The maximum absolute atomic E-state index is 14.0. The first kappa shape index (κ1) is 52.8. The first-order valence-corrected chi connectivity index (χ1v) is 21.5. The average molecular weight is 954 g/mol. The van der Waals surface area contributed by atoms with Gasteiger partial charge < -0.3 is 73.4 Å². The van der Waals surface area contributed by atoms with Gasteiger partial charge in [-0.05, 0) is 56.0 Å². The number of carbonyl (C=O) groups excluding carboxylic acids is 8. The Labute approximate surface area is 387 Å². The zero-order valence-electron chi connectivity index (χ0n) is 37.3. The van der Waals surface area contributed by atoms with Gasteiger partial charge in [-0.3, -0.25) is 52.7 Å². The minimum Gasteiger partial charge on any atom is -0.507 e. The Morgan fingerprint density at radius 3 is 1.59 bits per heavy atom. The lowest BCUT2D eigenvalue weighted by Gasteiger charge is -2.27. The van der Waals surface area contributed by atoms with E-state index in [2.05, 4.69) is 47.9 Å². The van der Waals surface area contributed by atoms with E-state index in [1.165, 1.54) is 32.0 Å². The highest BCUT2D eigenvalue weighted by Crippen LogP contribution is 2.42. The van der Waals surface area contributed by atoms with Crippen molar-refractivity contribution in [3.8, 4) is 11.5 Å². The van der Waals surface area contributed by atoms with Crippen molar-refractivity contribution in [2.75, 3.05) is 43.4 Å². The van der Waals surface area contributed by atoms with E-state index in [-0.39, 0.29) is 71.8 Å². The molecule has 4 rings (SSSR count). The first-order chi connectivity index (χ1) is 32.1. The summed E-state index contributed by atoms with van der Waals surface area (Å²) in [7, 11) is 0. The van der Waals surface area contributed by atoms with Crippen LogP contribution in [0.1, 0.15) is 91.1 Å². The van der Waals surface area contributed by atoms with Gasteiger partial charge in [0.25, 0.3) is 0 Å². The van der Waals surface area contributed by atoms with E-state index in [1.807, 2.05) is 0 Å². The van der Waals surface area contributed by atoms with Crippen LogP contribution in [0.3, 0.4) is 0 Å². The van der Waals surface area contributed by atoms with Crippen LogP contribution in [-0.2, 0) is 43.2 Å². The number of carboxylic acids is 3. The number of carbonyl (C=O) groups is 11. The van der Waals surface area contributed by atoms with Crippen molar-refractivity contribution in [1.82, 2.24) is 37.2 Å². The van der Waals surface area contributed by atoms with Crippen molar-refractivity contribution < 1.29 is 78.3 Å². The molecular weight excluding hydrogens is 899 g/mol. The molecule has 0 bridgehead atoms. The second kappa shape index (κ2) is 24.1. The number of fused-ring (bicyclic) bond motifs is 2. The van der Waals surface area contributed by atoms with Gasteiger partial charge in [-0.15, -0.1) is 0 Å². The molecule has 2 aromatic rings. The molecule has 25 nitrogen and oxygen atoms in total. The van der Waals surface area contributed by atoms with Crippen LogP contribution in [0.15, 0.2) is 24.3 Å². The lowest BCUT2D eigenvalue weighted by molar-refractivity contribution is -0.142. The van der Waals surface area contributed by atoms with Crippen molar-refractivity contribution in [1.29, 1.82) is 0 Å². The van der Waals surface area contributed by atoms with Crippen LogP contribution in [0.4, 0.5) is 11.4 Å². The Kier molecular flexibility index (Phi) is 18.7. The predicted octanol–water partition coefficient (Wildman–Crippen LogP) is -1.89. The number of amides is 6. The van der Waals surface area contributed by atoms with Crippen LogP contribution in [0.25, 0.3) is 0 Å². The number of aromatic hydroxyl groups is 2. The average Bonchev–Trinajstić information content (AvgIpc) is 3.81. The number of hydrogen-bond donors (Lipinski definition) is 14. The number of rotatable bonds is 25. The molecule has 0 radical (unpaired) electrons. The van der Waals surface area contributed by atoms with E-state index in [9.17, 15) is 78.3 Å². The molecule has 68 heavy (non-hydrogen) atoms. The molecule has 2 aromatic carbocycles. The Bertz CT molecular complexity index is 2320. The van der Waals surface area contributed by atoms with Crippen LogP contribution >= 0.6 is 0 Å². The summed E-state index contributed by atoms with van der Waals surface area (Å²) in [6.45, 7) is 4.56. The zero-order chi connectivity index (χ0) is 50.4. The molecule has 25 heteroatoms. The van der Waals surface area contributed by atoms with E-state index < -0.39 is 126 Å². The topological polar surface area (TPSA) is 397 Å². The molecule has 368 valence electrons. The largest absolute Gasteiger partial charge is 0.507 e. The Morgan fingerprint density at radius 1 is 0.618 bits per heavy atom. The molecular formula is C43H55N9O16. The first-order valence-electron chi connectivity index (χ1n) is 21.5. The van der Waals surface area contributed by atoms with Gasteiger partial charge in [-0.25, -0.2) is 0 Å². The highest BCUT2D eigenvalue weighted by Gasteiger charge is 2.39. The number of phenols is 2. The summed E-state index contributed by atoms with van der Waals surface area (Å²) >= 11 is 0. The van der Waals surface area contributed by atoms with Crippen molar-refractivity contribution in [2.24, 2.45) is 5.92 Å². The molecule has 5 unspecified atom stereocenters. The predicted molar refractivity (Wildman–Crippen MR) is 237 cm³/mol. The molecule has 6 amide bonds. The minimum atomic E-state index is -1.74. The summed E-state index contributed by atoms with van der Waals surface area (Å²) in [5, 5.41) is 72.8. The number of hydrogen-bond acceptors (Lipinski definition) is 16. The summed E-state index contributed by atoms with van der Waals surface area (Å²) < 4.78 is 0. The van der Waals surface area contributed by atoms with Crippen LogP contribution in [0.2, 0.25) is 0 Å². The molecule has 1 aliphatic carbocycles. The van der Waals surface area contributed by atoms with Gasteiger partial charge in [0.05, 0.1) is 41.1 Å². The quantitative estimate of drug-likeness (QED) is 0.0326. The number of nitrogens with one attached hydrogen (secondary N) is 9. The van der Waals surface area contributed by atoms with Crippen LogP contribution in [0, 0.1) is 5.92 Å². The number of ketones is 2. The molecule has 1 aliphatic heterocycles. The number of benzene rings is 2. The molecule has 0 saturated carbocycles. The highest BCUT2D eigenvalue weighted by atomic mass is 16.4. The zero-order valence-corrected chi connectivity index (χ0v) is 37.3. The second-order valence-electron chi connectivity index (χ2n) is 16.2. The Balaban J connectivity index is 1.42. The van der Waals surface area contributed by atoms with Crippen molar-refractivity contribution in [3.05, 3.63) is 46.5 Å². The molecule has 1 saturated heterocycles. The van der Waals surface area contributed by atoms with Crippen molar-refractivity contribution in [3.63, 3.8) is 0 Å². The maximum atomic E-state index is 14.0. The Hall–Kier alpha value is -7.83. The maximum Gasteiger partial charge on any atom is 0.305 e. The smallest absolute Gasteiger partial charge is 0.305 e. The number of phenolic OH excluding ortho intramolecular Hbond substituents is 2. The van der Waals surface area contributed by atoms with E-state index in [4.69, 9.17) is 0 Å². The summed E-state index contributed by atoms with van der Waals surface area (Å²) in [5.74, 6) is -13.0. The Morgan fingerprint density at radius 2 is 1.12 bits per heavy atom. The van der Waals surface area contributed by atoms with Gasteiger partial charge in [0.15, 0.2) is 0 Å².